The molecule has 3 aromatic rings. The summed E-state index contributed by atoms with van der Waals surface area (Å²) >= 11 is 6.04. The largest absolute Gasteiger partial charge is 0.439 e. The van der Waals surface area contributed by atoms with Crippen LogP contribution in [-0.2, 0) is 11.3 Å². The van der Waals surface area contributed by atoms with E-state index in [4.69, 9.17) is 20.5 Å². The molecule has 1 saturated heterocycles. The second kappa shape index (κ2) is 8.77. The Bertz CT molecular complexity index is 978. The van der Waals surface area contributed by atoms with Crippen molar-refractivity contribution in [1.82, 2.24) is 19.9 Å². The van der Waals surface area contributed by atoms with Crippen LogP contribution >= 0.6 is 11.6 Å². The van der Waals surface area contributed by atoms with Crippen molar-refractivity contribution in [2.24, 2.45) is 0 Å². The molecule has 9 heteroatoms. The number of nitrogens with one attached hydrogen (secondary N) is 1. The van der Waals surface area contributed by atoms with Crippen LogP contribution < -0.4 is 5.32 Å². The van der Waals surface area contributed by atoms with Gasteiger partial charge in [0.1, 0.15) is 5.76 Å². The molecule has 0 atom stereocenters. The number of hydrogen-bond donors (Lipinski definition) is 1. The lowest BCUT2D eigenvalue weighted by molar-refractivity contribution is -0.117. The van der Waals surface area contributed by atoms with Crippen LogP contribution in [0, 0.1) is 6.92 Å². The minimum atomic E-state index is -0.0920. The monoisotopic (exact) mass is 415 g/mol. The predicted molar refractivity (Wildman–Crippen MR) is 109 cm³/mol. The second-order valence-electron chi connectivity index (χ2n) is 7.05. The molecular formula is C20H22ClN5O3. The quantitative estimate of drug-likeness (QED) is 0.661. The van der Waals surface area contributed by atoms with Crippen LogP contribution in [0.3, 0.4) is 0 Å². The van der Waals surface area contributed by atoms with Crippen LogP contribution in [0.15, 0.2) is 45.5 Å². The molecule has 0 bridgehead atoms. The lowest BCUT2D eigenvalue weighted by Gasteiger charge is -2.33. The molecule has 0 radical (unpaired) electrons. The third kappa shape index (κ3) is 5.23. The van der Waals surface area contributed by atoms with Crippen molar-refractivity contribution in [2.75, 3.05) is 38.0 Å². The Balaban J connectivity index is 1.24. The van der Waals surface area contributed by atoms with Gasteiger partial charge in [0.25, 0.3) is 0 Å². The molecule has 29 heavy (non-hydrogen) atoms. The van der Waals surface area contributed by atoms with E-state index < -0.39 is 0 Å². The summed E-state index contributed by atoms with van der Waals surface area (Å²) in [6.45, 7) is 6.03. The number of anilines is 1. The van der Waals surface area contributed by atoms with Gasteiger partial charge < -0.3 is 14.3 Å². The lowest BCUT2D eigenvalue weighted by Crippen LogP contribution is -2.48. The number of benzene rings is 1. The maximum atomic E-state index is 12.1. The van der Waals surface area contributed by atoms with Crippen molar-refractivity contribution in [3.8, 4) is 11.3 Å². The van der Waals surface area contributed by atoms with E-state index in [9.17, 15) is 4.79 Å². The maximum absolute atomic E-state index is 12.1. The van der Waals surface area contributed by atoms with Gasteiger partial charge in [-0.25, -0.2) is 4.98 Å². The molecule has 1 amide bonds. The minimum Gasteiger partial charge on any atom is -0.439 e. The summed E-state index contributed by atoms with van der Waals surface area (Å²) in [5, 5.41) is 7.19. The topological polar surface area (TPSA) is 87.6 Å². The van der Waals surface area contributed by atoms with Gasteiger partial charge in [-0.05, 0) is 19.1 Å². The summed E-state index contributed by atoms with van der Waals surface area (Å²) in [4.78, 5) is 20.9. The number of piperazine rings is 1. The zero-order valence-corrected chi connectivity index (χ0v) is 16.9. The van der Waals surface area contributed by atoms with Crippen LogP contribution in [0.2, 0.25) is 5.02 Å². The van der Waals surface area contributed by atoms with Gasteiger partial charge in [-0.3, -0.25) is 14.6 Å². The summed E-state index contributed by atoms with van der Waals surface area (Å²) in [6.07, 6.45) is 1.73. The van der Waals surface area contributed by atoms with Crippen LogP contribution in [0.1, 0.15) is 11.7 Å². The molecule has 1 aliphatic rings. The number of carbonyl (C=O) groups is 1. The van der Waals surface area contributed by atoms with Gasteiger partial charge >= 0.3 is 0 Å². The van der Waals surface area contributed by atoms with Crippen molar-refractivity contribution in [3.63, 3.8) is 0 Å². The first-order valence-electron chi connectivity index (χ1n) is 9.44. The van der Waals surface area contributed by atoms with E-state index in [2.05, 4.69) is 25.3 Å². The number of rotatable bonds is 6. The molecule has 1 aromatic carbocycles. The van der Waals surface area contributed by atoms with Crippen LogP contribution in [0.4, 0.5) is 5.82 Å². The predicted octanol–water partition coefficient (Wildman–Crippen LogP) is 3.05. The highest BCUT2D eigenvalue weighted by Crippen LogP contribution is 2.24. The van der Waals surface area contributed by atoms with E-state index in [1.165, 1.54) is 0 Å². The average Bonchev–Trinajstić information content (AvgIpc) is 3.32. The first-order valence-corrected chi connectivity index (χ1v) is 9.81. The van der Waals surface area contributed by atoms with Crippen molar-refractivity contribution in [3.05, 3.63) is 53.2 Å². The number of hydrogen-bond acceptors (Lipinski definition) is 7. The molecule has 0 aliphatic carbocycles. The molecule has 4 rings (SSSR count). The Morgan fingerprint density at radius 3 is 2.72 bits per heavy atom. The lowest BCUT2D eigenvalue weighted by atomic mass is 10.2. The number of carbonyl (C=O) groups excluding carboxylic acids is 1. The molecule has 152 valence electrons. The SMILES string of the molecule is Cc1cc(NC(=O)CN2CCN(Cc3ncc(-c4cccc(Cl)c4)o3)CC2)no1. The van der Waals surface area contributed by atoms with Crippen LogP contribution in [0.25, 0.3) is 11.3 Å². The van der Waals surface area contributed by atoms with E-state index in [-0.39, 0.29) is 5.91 Å². The van der Waals surface area contributed by atoms with Crippen molar-refractivity contribution in [2.45, 2.75) is 13.5 Å². The zero-order chi connectivity index (χ0) is 20.2. The summed E-state index contributed by atoms with van der Waals surface area (Å²) < 4.78 is 10.8. The number of amides is 1. The van der Waals surface area contributed by atoms with Gasteiger partial charge in [-0.15, -0.1) is 0 Å². The Hall–Kier alpha value is -2.68. The van der Waals surface area contributed by atoms with Crippen molar-refractivity contribution < 1.29 is 13.7 Å². The Labute approximate surface area is 173 Å². The van der Waals surface area contributed by atoms with E-state index in [1.807, 2.05) is 24.3 Å². The molecule has 1 aliphatic heterocycles. The number of halogens is 1. The van der Waals surface area contributed by atoms with Gasteiger partial charge in [0, 0.05) is 42.8 Å². The molecule has 0 saturated carbocycles. The normalized spacial score (nSPS) is 15.5. The zero-order valence-electron chi connectivity index (χ0n) is 16.1. The standard InChI is InChI=1S/C20H22ClN5O3/c1-14-9-18(24-29-14)23-19(27)12-25-5-7-26(8-6-25)13-20-22-11-17(28-20)15-3-2-4-16(21)10-15/h2-4,9-11H,5-8,12-13H2,1H3,(H,23,24,27). The summed E-state index contributed by atoms with van der Waals surface area (Å²) in [6, 6.07) is 9.22. The van der Waals surface area contributed by atoms with Crippen LogP contribution in [0.5, 0.6) is 0 Å². The Morgan fingerprint density at radius 1 is 1.21 bits per heavy atom. The summed E-state index contributed by atoms with van der Waals surface area (Å²) in [5.74, 6) is 2.41. The average molecular weight is 416 g/mol. The molecule has 2 aromatic heterocycles. The fraction of sp³-hybridized carbons (Fsp3) is 0.350. The van der Waals surface area contributed by atoms with E-state index >= 15 is 0 Å². The molecule has 3 heterocycles. The fourth-order valence-electron chi connectivity index (χ4n) is 3.27. The highest BCUT2D eigenvalue weighted by Gasteiger charge is 2.21. The molecule has 0 spiro atoms. The van der Waals surface area contributed by atoms with E-state index in [1.54, 1.807) is 19.2 Å². The summed E-state index contributed by atoms with van der Waals surface area (Å²) in [5.41, 5.74) is 0.911. The Morgan fingerprint density at radius 2 is 2.00 bits per heavy atom. The van der Waals surface area contributed by atoms with Gasteiger partial charge in [0.2, 0.25) is 11.8 Å². The molecule has 8 nitrogen and oxygen atoms in total. The van der Waals surface area contributed by atoms with Gasteiger partial charge in [-0.2, -0.15) is 0 Å². The first-order chi connectivity index (χ1) is 14.0. The number of aryl methyl sites for hydroxylation is 1. The number of aromatic nitrogens is 2. The smallest absolute Gasteiger partial charge is 0.239 e. The fourth-order valence-corrected chi connectivity index (χ4v) is 3.46. The molecule has 1 fully saturated rings. The van der Waals surface area contributed by atoms with Gasteiger partial charge in [0.05, 0.1) is 19.3 Å². The van der Waals surface area contributed by atoms with Crippen LogP contribution in [-0.4, -0.2) is 58.6 Å². The third-order valence-electron chi connectivity index (χ3n) is 4.75. The van der Waals surface area contributed by atoms with Gasteiger partial charge in [-0.1, -0.05) is 28.9 Å². The van der Waals surface area contributed by atoms with Crippen molar-refractivity contribution >= 4 is 23.3 Å². The molecular weight excluding hydrogens is 394 g/mol. The highest BCUT2D eigenvalue weighted by molar-refractivity contribution is 6.30. The second-order valence-corrected chi connectivity index (χ2v) is 7.49. The minimum absolute atomic E-state index is 0.0920. The van der Waals surface area contributed by atoms with E-state index in [0.29, 0.717) is 41.3 Å². The van der Waals surface area contributed by atoms with Gasteiger partial charge in [0.15, 0.2) is 11.6 Å². The number of oxazole rings is 1. The summed E-state index contributed by atoms with van der Waals surface area (Å²) in [7, 11) is 0. The highest BCUT2D eigenvalue weighted by atomic mass is 35.5. The molecule has 0 unspecified atom stereocenters. The molecule has 1 N–H and O–H groups in total. The maximum Gasteiger partial charge on any atom is 0.239 e. The number of nitrogens with zero attached hydrogens (tertiary/aromatic N) is 4. The third-order valence-corrected chi connectivity index (χ3v) is 4.98. The first kappa shape index (κ1) is 19.6. The Kier molecular flexibility index (Phi) is 5.94. The van der Waals surface area contributed by atoms with Crippen molar-refractivity contribution in [1.29, 1.82) is 0 Å². The van der Waals surface area contributed by atoms with E-state index in [0.717, 1.165) is 31.7 Å².